The molecule has 0 saturated heterocycles. The molecule has 1 nitrogen and oxygen atoms in total. The molecular formula is CuMoOVW. The van der Waals surface area contributed by atoms with Crippen molar-refractivity contribution in [2.45, 2.75) is 0 Å². The zero-order valence-corrected chi connectivity index (χ0v) is 9.25. The van der Waals surface area contributed by atoms with E-state index in [-0.39, 0.29) is 60.7 Å². The van der Waals surface area contributed by atoms with Crippen molar-refractivity contribution in [3.8, 4) is 0 Å². The van der Waals surface area contributed by atoms with Crippen molar-refractivity contribution < 1.29 is 80.5 Å². The van der Waals surface area contributed by atoms with Crippen LogP contribution >= 0.6 is 0 Å². The molecule has 0 aromatic rings. The van der Waals surface area contributed by atoms with E-state index in [1.165, 1.54) is 0 Å². The van der Waals surface area contributed by atoms with Gasteiger partial charge in [-0.3, -0.25) is 0 Å². The maximum atomic E-state index is 7.81. The SMILES string of the molecule is [Mo].[O]=[Cu].[V].[W]. The van der Waals surface area contributed by atoms with E-state index in [2.05, 4.69) is 15.9 Å². The average Bonchev–Trinajstić information content (AvgIpc) is 1.00. The third-order valence-electron chi connectivity index (χ3n) is 0. The summed E-state index contributed by atoms with van der Waals surface area (Å²) in [5.74, 6) is 0. The molecule has 0 spiro atoms. The zero-order chi connectivity index (χ0) is 2.00. The Balaban J connectivity index is -0.00000000167. The summed E-state index contributed by atoms with van der Waals surface area (Å²) in [4.78, 5) is 0. The quantitative estimate of drug-likeness (QED) is 0.509. The molecule has 0 aliphatic heterocycles. The average molecular weight is 410 g/mol. The van der Waals surface area contributed by atoms with Crippen LogP contribution in [0.2, 0.25) is 0 Å². The Morgan fingerprint density at radius 1 is 1.20 bits per heavy atom. The van der Waals surface area contributed by atoms with E-state index >= 15 is 0 Å². The van der Waals surface area contributed by atoms with Gasteiger partial charge < -0.3 is 0 Å². The monoisotopic (exact) mass is 412 g/mol. The van der Waals surface area contributed by atoms with Crippen LogP contribution in [0.4, 0.5) is 0 Å². The molecular weight excluding hydrogens is 410 g/mol. The molecule has 5 heteroatoms. The van der Waals surface area contributed by atoms with Gasteiger partial charge in [0.1, 0.15) is 0 Å². The molecule has 0 aliphatic carbocycles. The maximum Gasteiger partial charge on any atom is 0 e. The first-order chi connectivity index (χ1) is 1.00. The molecule has 0 atom stereocenters. The molecule has 0 aliphatic rings. The van der Waals surface area contributed by atoms with Crippen molar-refractivity contribution in [1.82, 2.24) is 0 Å². The van der Waals surface area contributed by atoms with Crippen LogP contribution in [0.1, 0.15) is 0 Å². The molecule has 1 radical (unpaired) electrons. The molecule has 0 amide bonds. The topological polar surface area (TPSA) is 17.1 Å². The van der Waals surface area contributed by atoms with Gasteiger partial charge in [0.2, 0.25) is 0 Å². The normalized spacial score (nSPS) is 1.20. The van der Waals surface area contributed by atoms with Crippen LogP contribution in [0.3, 0.4) is 0 Å². The standard InChI is InChI=1S/Cu.Mo.O.V.W. The Kier molecular flexibility index (Phi) is 180. The Morgan fingerprint density at radius 3 is 1.20 bits per heavy atom. The summed E-state index contributed by atoms with van der Waals surface area (Å²) in [6.45, 7) is 0. The van der Waals surface area contributed by atoms with Crippen LogP contribution in [-0.2, 0) is 80.5 Å². The van der Waals surface area contributed by atoms with Gasteiger partial charge in [-0.15, -0.1) is 0 Å². The molecule has 0 heterocycles. The van der Waals surface area contributed by atoms with Gasteiger partial charge in [-0.1, -0.05) is 0 Å². The fourth-order valence-electron chi connectivity index (χ4n) is 0. The van der Waals surface area contributed by atoms with Gasteiger partial charge >= 0.3 is 19.8 Å². The first-order valence-electron chi connectivity index (χ1n) is 0.123. The van der Waals surface area contributed by atoms with E-state index in [1.54, 1.807) is 0 Å². The van der Waals surface area contributed by atoms with Gasteiger partial charge in [0, 0.05) is 60.7 Å². The first-order valence-corrected chi connectivity index (χ1v) is 0.508. The van der Waals surface area contributed by atoms with Gasteiger partial charge in [0.25, 0.3) is 0 Å². The summed E-state index contributed by atoms with van der Waals surface area (Å²) < 4.78 is 7.81. The zero-order valence-electron chi connectivity index (χ0n) is 1.97. The molecule has 34 valence electrons. The summed E-state index contributed by atoms with van der Waals surface area (Å²) in [6, 6.07) is 0. The smallest absolute Gasteiger partial charge is 0 e. The molecule has 5 heavy (non-hydrogen) atoms. The van der Waals surface area contributed by atoms with E-state index in [9.17, 15) is 0 Å². The molecule has 0 aromatic carbocycles. The second kappa shape index (κ2) is 33.7. The van der Waals surface area contributed by atoms with Crippen LogP contribution in [0.25, 0.3) is 0 Å². The summed E-state index contributed by atoms with van der Waals surface area (Å²) in [6.07, 6.45) is 0. The predicted molar refractivity (Wildman–Crippen MR) is 0.686 cm³/mol. The second-order valence-electron chi connectivity index (χ2n) is 0. The van der Waals surface area contributed by atoms with Crippen molar-refractivity contribution in [2.24, 2.45) is 0 Å². The van der Waals surface area contributed by atoms with Crippen molar-refractivity contribution in [3.05, 3.63) is 0 Å². The molecule has 0 rings (SSSR count). The predicted octanol–water partition coefficient (Wildman–Crippen LogP) is -0.129. The van der Waals surface area contributed by atoms with E-state index < -0.39 is 0 Å². The minimum atomic E-state index is 0. The van der Waals surface area contributed by atoms with E-state index in [1.807, 2.05) is 0 Å². The van der Waals surface area contributed by atoms with E-state index in [4.69, 9.17) is 3.83 Å². The molecule has 0 fully saturated rings. The van der Waals surface area contributed by atoms with Crippen LogP contribution in [-0.4, -0.2) is 0 Å². The Labute approximate surface area is 79.5 Å². The van der Waals surface area contributed by atoms with Crippen LogP contribution in [0.15, 0.2) is 0 Å². The summed E-state index contributed by atoms with van der Waals surface area (Å²) in [5.41, 5.74) is 0. The van der Waals surface area contributed by atoms with Gasteiger partial charge in [-0.05, 0) is 0 Å². The van der Waals surface area contributed by atoms with E-state index in [0.717, 1.165) is 0 Å². The van der Waals surface area contributed by atoms with Crippen LogP contribution < -0.4 is 0 Å². The number of rotatable bonds is 0. The van der Waals surface area contributed by atoms with Crippen molar-refractivity contribution in [2.75, 3.05) is 0 Å². The van der Waals surface area contributed by atoms with Gasteiger partial charge in [0.15, 0.2) is 0 Å². The van der Waals surface area contributed by atoms with Crippen molar-refractivity contribution in [3.63, 3.8) is 0 Å². The molecule has 0 bridgehead atoms. The van der Waals surface area contributed by atoms with Gasteiger partial charge in [-0.25, -0.2) is 0 Å². The maximum absolute atomic E-state index is 7.81. The van der Waals surface area contributed by atoms with Crippen molar-refractivity contribution in [1.29, 1.82) is 0 Å². The Bertz CT molecular complexity index is 11.6. The summed E-state index contributed by atoms with van der Waals surface area (Å²) >= 11 is 2.94. The molecule has 0 unspecified atom stereocenters. The third-order valence-corrected chi connectivity index (χ3v) is 0. The molecule has 0 N–H and O–H groups in total. The van der Waals surface area contributed by atoms with Gasteiger partial charge in [-0.2, -0.15) is 0 Å². The fourth-order valence-corrected chi connectivity index (χ4v) is 0. The Hall–Kier alpha value is 2.28. The minimum Gasteiger partial charge on any atom is 0 e. The third kappa shape index (κ3) is 22.1. The minimum absolute atomic E-state index is 0. The van der Waals surface area contributed by atoms with Crippen molar-refractivity contribution >= 4 is 0 Å². The first kappa shape index (κ1) is 26.7. The number of hydrogen-bond acceptors (Lipinski definition) is 1. The molecule has 0 saturated carbocycles. The summed E-state index contributed by atoms with van der Waals surface area (Å²) in [5, 5.41) is 0. The Morgan fingerprint density at radius 2 is 1.20 bits per heavy atom. The van der Waals surface area contributed by atoms with Crippen LogP contribution in [0.5, 0.6) is 0 Å². The summed E-state index contributed by atoms with van der Waals surface area (Å²) in [7, 11) is 0. The fraction of sp³-hybridized carbons (Fsp3) is 0. The van der Waals surface area contributed by atoms with Gasteiger partial charge in [0.05, 0.1) is 0 Å². The molecule has 0 aromatic heterocycles. The van der Waals surface area contributed by atoms with Crippen LogP contribution in [0, 0.1) is 0 Å². The van der Waals surface area contributed by atoms with E-state index in [0.29, 0.717) is 0 Å². The largest absolute Gasteiger partial charge is 0 e. The number of hydrogen-bond donors (Lipinski definition) is 0. The second-order valence-corrected chi connectivity index (χ2v) is 0.